The van der Waals surface area contributed by atoms with Crippen LogP contribution in [0.5, 0.6) is 0 Å². The number of carbonyl (C=O) groups excluding carboxylic acids is 1. The lowest BCUT2D eigenvalue weighted by Crippen LogP contribution is -2.41. The third-order valence-electron chi connectivity index (χ3n) is 4.27. The monoisotopic (exact) mass is 412 g/mol. The summed E-state index contributed by atoms with van der Waals surface area (Å²) in [4.78, 5) is 11.4. The Morgan fingerprint density at radius 2 is 1.64 bits per heavy atom. The quantitative estimate of drug-likeness (QED) is 0.760. The van der Waals surface area contributed by atoms with E-state index < -0.39 is 39.1 Å². The van der Waals surface area contributed by atoms with Gasteiger partial charge in [-0.2, -0.15) is 17.5 Å². The van der Waals surface area contributed by atoms with E-state index in [1.807, 2.05) is 0 Å². The topological polar surface area (TPSA) is 66.5 Å². The van der Waals surface area contributed by atoms with Gasteiger partial charge in [0.15, 0.2) is 0 Å². The van der Waals surface area contributed by atoms with Crippen LogP contribution in [0.4, 0.5) is 13.2 Å². The van der Waals surface area contributed by atoms with E-state index in [-0.39, 0.29) is 12.6 Å². The average molecular weight is 412 g/mol. The summed E-state index contributed by atoms with van der Waals surface area (Å²) in [5, 5.41) is 2.67. The van der Waals surface area contributed by atoms with E-state index in [4.69, 9.17) is 0 Å². The highest BCUT2D eigenvalue weighted by molar-refractivity contribution is 7.89. The van der Waals surface area contributed by atoms with Gasteiger partial charge in [0.1, 0.15) is 0 Å². The molecule has 0 unspecified atom stereocenters. The zero-order valence-electron chi connectivity index (χ0n) is 14.8. The van der Waals surface area contributed by atoms with Crippen LogP contribution in [0, 0.1) is 0 Å². The normalized spacial score (nSPS) is 14.9. The molecule has 2 aromatic rings. The lowest BCUT2D eigenvalue weighted by Gasteiger charge is -2.24. The number of nitrogens with one attached hydrogen (secondary N) is 1. The minimum absolute atomic E-state index is 0.0104. The zero-order chi connectivity index (χ0) is 20.4. The molecule has 1 saturated carbocycles. The Kier molecular flexibility index (Phi) is 5.76. The van der Waals surface area contributed by atoms with Crippen molar-refractivity contribution in [3.05, 3.63) is 65.7 Å². The predicted octanol–water partition coefficient (Wildman–Crippen LogP) is 3.17. The van der Waals surface area contributed by atoms with E-state index in [0.717, 1.165) is 35.3 Å². The van der Waals surface area contributed by atoms with Crippen LogP contribution in [-0.2, 0) is 27.5 Å². The molecule has 1 N–H and O–H groups in total. The number of alkyl halides is 3. The van der Waals surface area contributed by atoms with E-state index in [9.17, 15) is 26.4 Å². The van der Waals surface area contributed by atoms with Crippen LogP contribution in [0.25, 0.3) is 0 Å². The van der Waals surface area contributed by atoms with Crippen LogP contribution in [-0.4, -0.2) is 31.2 Å². The summed E-state index contributed by atoms with van der Waals surface area (Å²) in [5.74, 6) is -0.536. The second kappa shape index (κ2) is 7.92. The number of rotatable bonds is 7. The molecule has 5 nitrogen and oxygen atoms in total. The van der Waals surface area contributed by atoms with Crippen molar-refractivity contribution in [3.63, 3.8) is 0 Å². The average Bonchev–Trinajstić information content (AvgIpc) is 3.45. The molecule has 1 aliphatic carbocycles. The van der Waals surface area contributed by atoms with E-state index in [0.29, 0.717) is 5.56 Å². The first kappa shape index (κ1) is 20.3. The van der Waals surface area contributed by atoms with Gasteiger partial charge in [0.25, 0.3) is 0 Å². The van der Waals surface area contributed by atoms with Crippen LogP contribution >= 0.6 is 0 Å². The van der Waals surface area contributed by atoms with E-state index in [1.54, 1.807) is 30.3 Å². The smallest absolute Gasteiger partial charge is 0.352 e. The lowest BCUT2D eigenvalue weighted by molar-refractivity contribution is -0.139. The second-order valence-corrected chi connectivity index (χ2v) is 8.50. The number of benzene rings is 2. The van der Waals surface area contributed by atoms with Gasteiger partial charge >= 0.3 is 6.18 Å². The first-order valence-corrected chi connectivity index (χ1v) is 10.1. The largest absolute Gasteiger partial charge is 0.417 e. The molecule has 9 heteroatoms. The number of amides is 1. The molecule has 2 aromatic carbocycles. The minimum Gasteiger partial charge on any atom is -0.352 e. The molecule has 0 spiro atoms. The van der Waals surface area contributed by atoms with Crippen molar-refractivity contribution in [2.45, 2.75) is 36.5 Å². The van der Waals surface area contributed by atoms with Gasteiger partial charge in [0.2, 0.25) is 15.9 Å². The lowest BCUT2D eigenvalue weighted by atomic mass is 10.2. The molecule has 0 radical (unpaired) electrons. The van der Waals surface area contributed by atoms with Crippen molar-refractivity contribution in [1.82, 2.24) is 9.62 Å². The minimum atomic E-state index is -4.83. The number of halogens is 3. The van der Waals surface area contributed by atoms with Crippen molar-refractivity contribution in [2.75, 3.05) is 6.54 Å². The van der Waals surface area contributed by atoms with Gasteiger partial charge < -0.3 is 5.32 Å². The number of carbonyl (C=O) groups is 1. The maximum Gasteiger partial charge on any atom is 0.417 e. The van der Waals surface area contributed by atoms with Crippen molar-refractivity contribution >= 4 is 15.9 Å². The standard InChI is InChI=1S/C19H19F3N2O3S/c20-19(21,22)16-8-4-5-9-17(16)28(26,27)24(12-14-6-2-1-3-7-14)13-18(25)23-15-10-11-15/h1-9,15H,10-13H2,(H,23,25). The molecule has 1 fully saturated rings. The Morgan fingerprint density at radius 1 is 1.04 bits per heavy atom. The summed E-state index contributed by atoms with van der Waals surface area (Å²) in [6, 6.07) is 12.4. The van der Waals surface area contributed by atoms with Crippen LogP contribution in [0.1, 0.15) is 24.0 Å². The highest BCUT2D eigenvalue weighted by atomic mass is 32.2. The number of nitrogens with zero attached hydrogens (tertiary/aromatic N) is 1. The maximum absolute atomic E-state index is 13.3. The molecule has 0 saturated heterocycles. The maximum atomic E-state index is 13.3. The Hall–Kier alpha value is -2.39. The molecular weight excluding hydrogens is 393 g/mol. The summed E-state index contributed by atoms with van der Waals surface area (Å²) >= 11 is 0. The second-order valence-electron chi connectivity index (χ2n) is 6.59. The first-order chi connectivity index (χ1) is 13.2. The third kappa shape index (κ3) is 4.90. The predicted molar refractivity (Wildman–Crippen MR) is 96.6 cm³/mol. The molecule has 3 rings (SSSR count). The Bertz CT molecular complexity index is 942. The van der Waals surface area contributed by atoms with Gasteiger partial charge in [-0.25, -0.2) is 8.42 Å². The molecule has 1 aliphatic rings. The van der Waals surface area contributed by atoms with Crippen LogP contribution in [0.3, 0.4) is 0 Å². The molecule has 0 heterocycles. The number of sulfonamides is 1. The van der Waals surface area contributed by atoms with E-state index >= 15 is 0 Å². The molecule has 0 aliphatic heterocycles. The summed E-state index contributed by atoms with van der Waals surface area (Å²) in [6.07, 6.45) is -3.21. The molecule has 150 valence electrons. The summed E-state index contributed by atoms with van der Waals surface area (Å²) < 4.78 is 67.0. The van der Waals surface area contributed by atoms with E-state index in [1.165, 1.54) is 6.07 Å². The van der Waals surface area contributed by atoms with Gasteiger partial charge in [-0.1, -0.05) is 42.5 Å². The molecule has 0 atom stereocenters. The van der Waals surface area contributed by atoms with Crippen molar-refractivity contribution < 1.29 is 26.4 Å². The fourth-order valence-corrected chi connectivity index (χ4v) is 4.34. The van der Waals surface area contributed by atoms with Gasteiger partial charge in [-0.15, -0.1) is 0 Å². The number of hydrogen-bond donors (Lipinski definition) is 1. The first-order valence-electron chi connectivity index (χ1n) is 8.67. The molecule has 0 aromatic heterocycles. The summed E-state index contributed by atoms with van der Waals surface area (Å²) in [6.45, 7) is -0.770. The highest BCUT2D eigenvalue weighted by Gasteiger charge is 2.39. The highest BCUT2D eigenvalue weighted by Crippen LogP contribution is 2.35. The molecule has 0 bridgehead atoms. The van der Waals surface area contributed by atoms with Gasteiger partial charge in [-0.3, -0.25) is 4.79 Å². The van der Waals surface area contributed by atoms with Crippen molar-refractivity contribution in [2.24, 2.45) is 0 Å². The molecular formula is C19H19F3N2O3S. The SMILES string of the molecule is O=C(CN(Cc1ccccc1)S(=O)(=O)c1ccccc1C(F)(F)F)NC1CC1. The molecule has 1 amide bonds. The van der Waals surface area contributed by atoms with Crippen molar-refractivity contribution in [1.29, 1.82) is 0 Å². The Balaban J connectivity index is 1.96. The van der Waals surface area contributed by atoms with Gasteiger partial charge in [0, 0.05) is 12.6 Å². The van der Waals surface area contributed by atoms with Crippen LogP contribution < -0.4 is 5.32 Å². The summed E-state index contributed by atoms with van der Waals surface area (Å²) in [5.41, 5.74) is -0.689. The summed E-state index contributed by atoms with van der Waals surface area (Å²) in [7, 11) is -4.57. The molecule has 28 heavy (non-hydrogen) atoms. The fourth-order valence-electron chi connectivity index (χ4n) is 2.74. The zero-order valence-corrected chi connectivity index (χ0v) is 15.6. The van der Waals surface area contributed by atoms with Crippen LogP contribution in [0.2, 0.25) is 0 Å². The van der Waals surface area contributed by atoms with Crippen molar-refractivity contribution in [3.8, 4) is 0 Å². The Morgan fingerprint density at radius 3 is 2.25 bits per heavy atom. The van der Waals surface area contributed by atoms with Gasteiger partial charge in [-0.05, 0) is 30.5 Å². The third-order valence-corrected chi connectivity index (χ3v) is 6.12. The Labute approximate surface area is 161 Å². The van der Waals surface area contributed by atoms with Gasteiger partial charge in [0.05, 0.1) is 17.0 Å². The van der Waals surface area contributed by atoms with E-state index in [2.05, 4.69) is 5.32 Å². The number of hydrogen-bond acceptors (Lipinski definition) is 3. The van der Waals surface area contributed by atoms with Crippen LogP contribution in [0.15, 0.2) is 59.5 Å². The fraction of sp³-hybridized carbons (Fsp3) is 0.316.